The van der Waals surface area contributed by atoms with E-state index in [-0.39, 0.29) is 6.04 Å². The van der Waals surface area contributed by atoms with E-state index in [1.54, 1.807) is 6.20 Å². The van der Waals surface area contributed by atoms with Crippen LogP contribution in [-0.4, -0.2) is 14.5 Å². The van der Waals surface area contributed by atoms with Crippen molar-refractivity contribution in [2.75, 3.05) is 0 Å². The largest absolute Gasteiger partial charge is 0.329 e. The lowest BCUT2D eigenvalue weighted by Crippen LogP contribution is -2.17. The monoisotopic (exact) mass is 244 g/mol. The summed E-state index contributed by atoms with van der Waals surface area (Å²) in [5.74, 6) is 0.585. The summed E-state index contributed by atoms with van der Waals surface area (Å²) in [5, 5.41) is 0. The Kier molecular flexibility index (Phi) is 4.10. The zero-order chi connectivity index (χ0) is 13.0. The van der Waals surface area contributed by atoms with Crippen molar-refractivity contribution >= 4 is 0 Å². The Bertz CT molecular complexity index is 476. The molecule has 2 aromatic heterocycles. The van der Waals surface area contributed by atoms with Crippen molar-refractivity contribution < 1.29 is 0 Å². The molecule has 4 heteroatoms. The maximum absolute atomic E-state index is 6.22. The number of nitrogens with zero attached hydrogens (tertiary/aromatic N) is 3. The van der Waals surface area contributed by atoms with E-state index in [4.69, 9.17) is 5.73 Å². The topological polar surface area (TPSA) is 56.7 Å². The smallest absolute Gasteiger partial charge is 0.0951 e. The normalized spacial score (nSPS) is 12.9. The summed E-state index contributed by atoms with van der Waals surface area (Å²) in [6, 6.07) is 4.05. The Morgan fingerprint density at radius 2 is 2.11 bits per heavy atom. The molecule has 0 aliphatic rings. The fraction of sp³-hybridized carbons (Fsp3) is 0.429. The highest BCUT2D eigenvalue weighted by Gasteiger charge is 2.13. The Balaban J connectivity index is 2.13. The lowest BCUT2D eigenvalue weighted by atomic mass is 10.0. The molecular formula is C14H20N4. The summed E-state index contributed by atoms with van der Waals surface area (Å²) in [7, 11) is 0. The molecule has 0 bridgehead atoms. The van der Waals surface area contributed by atoms with E-state index >= 15 is 0 Å². The van der Waals surface area contributed by atoms with Gasteiger partial charge in [-0.3, -0.25) is 4.98 Å². The zero-order valence-corrected chi connectivity index (χ0v) is 11.0. The highest BCUT2D eigenvalue weighted by atomic mass is 15.1. The van der Waals surface area contributed by atoms with Gasteiger partial charge in [0.25, 0.3) is 0 Å². The predicted octanol–water partition coefficient (Wildman–Crippen LogP) is 2.37. The Hall–Kier alpha value is -1.68. The Morgan fingerprint density at radius 1 is 1.28 bits per heavy atom. The van der Waals surface area contributed by atoms with Crippen LogP contribution in [0.15, 0.2) is 37.1 Å². The third-order valence-electron chi connectivity index (χ3n) is 2.93. The maximum atomic E-state index is 6.22. The first-order chi connectivity index (χ1) is 8.66. The molecule has 0 spiro atoms. The molecule has 1 atom stereocenters. The third kappa shape index (κ3) is 3.17. The second-order valence-electron chi connectivity index (χ2n) is 5.04. The molecule has 1 unspecified atom stereocenters. The predicted molar refractivity (Wildman–Crippen MR) is 71.9 cm³/mol. The van der Waals surface area contributed by atoms with Gasteiger partial charge in [0.1, 0.15) is 0 Å². The lowest BCUT2D eigenvalue weighted by molar-refractivity contribution is 0.488. The van der Waals surface area contributed by atoms with Gasteiger partial charge in [-0.1, -0.05) is 19.9 Å². The van der Waals surface area contributed by atoms with Crippen LogP contribution in [-0.2, 0) is 6.54 Å². The molecule has 96 valence electrons. The van der Waals surface area contributed by atoms with E-state index in [0.717, 1.165) is 24.2 Å². The van der Waals surface area contributed by atoms with E-state index in [0.29, 0.717) is 5.92 Å². The summed E-state index contributed by atoms with van der Waals surface area (Å²) in [6.07, 6.45) is 8.32. The first-order valence-corrected chi connectivity index (χ1v) is 6.31. The number of aromatic nitrogens is 3. The van der Waals surface area contributed by atoms with Gasteiger partial charge in [0.15, 0.2) is 0 Å². The van der Waals surface area contributed by atoms with Crippen molar-refractivity contribution in [2.45, 2.75) is 32.9 Å². The van der Waals surface area contributed by atoms with Gasteiger partial charge in [0.2, 0.25) is 0 Å². The number of nitrogens with two attached hydrogens (primary N) is 1. The lowest BCUT2D eigenvalue weighted by Gasteiger charge is -2.16. The molecule has 0 aliphatic heterocycles. The number of rotatable bonds is 5. The second kappa shape index (κ2) is 5.78. The summed E-state index contributed by atoms with van der Waals surface area (Å²) >= 11 is 0. The molecule has 2 heterocycles. The average Bonchev–Trinajstić information content (AvgIpc) is 2.77. The highest BCUT2D eigenvalue weighted by molar-refractivity contribution is 5.13. The maximum Gasteiger partial charge on any atom is 0.0951 e. The van der Waals surface area contributed by atoms with Gasteiger partial charge in [-0.25, -0.2) is 4.98 Å². The van der Waals surface area contributed by atoms with Crippen LogP contribution >= 0.6 is 0 Å². The van der Waals surface area contributed by atoms with Gasteiger partial charge in [-0.05, 0) is 24.0 Å². The van der Waals surface area contributed by atoms with Crippen LogP contribution in [0.25, 0.3) is 0 Å². The second-order valence-corrected chi connectivity index (χ2v) is 5.04. The first-order valence-electron chi connectivity index (χ1n) is 6.31. The number of pyridine rings is 1. The van der Waals surface area contributed by atoms with Crippen LogP contribution in [0, 0.1) is 5.92 Å². The van der Waals surface area contributed by atoms with Crippen molar-refractivity contribution in [1.29, 1.82) is 0 Å². The Morgan fingerprint density at radius 3 is 2.78 bits per heavy atom. The summed E-state index contributed by atoms with van der Waals surface area (Å²) in [5.41, 5.74) is 8.47. The van der Waals surface area contributed by atoms with Crippen LogP contribution in [0.1, 0.15) is 37.6 Å². The zero-order valence-electron chi connectivity index (χ0n) is 11.0. The van der Waals surface area contributed by atoms with Crippen LogP contribution in [0.3, 0.4) is 0 Å². The summed E-state index contributed by atoms with van der Waals surface area (Å²) in [4.78, 5) is 8.33. The van der Waals surface area contributed by atoms with Gasteiger partial charge in [-0.2, -0.15) is 0 Å². The first kappa shape index (κ1) is 12.8. The van der Waals surface area contributed by atoms with Crippen molar-refractivity contribution in [2.24, 2.45) is 11.7 Å². The van der Waals surface area contributed by atoms with E-state index < -0.39 is 0 Å². The van der Waals surface area contributed by atoms with E-state index in [1.807, 2.05) is 24.8 Å². The third-order valence-corrected chi connectivity index (χ3v) is 2.93. The SMILES string of the molecule is CC(C)CC(N)c1cncn1Cc1cccnc1. The molecule has 0 amide bonds. The molecule has 2 aromatic rings. The molecule has 0 aliphatic carbocycles. The van der Waals surface area contributed by atoms with Crippen LogP contribution < -0.4 is 5.73 Å². The number of hydrogen-bond donors (Lipinski definition) is 1. The molecule has 0 fully saturated rings. The molecule has 2 rings (SSSR count). The van der Waals surface area contributed by atoms with E-state index in [9.17, 15) is 0 Å². The fourth-order valence-electron chi connectivity index (χ4n) is 2.09. The summed E-state index contributed by atoms with van der Waals surface area (Å²) < 4.78 is 2.10. The molecule has 0 saturated heterocycles. The summed E-state index contributed by atoms with van der Waals surface area (Å²) in [6.45, 7) is 5.14. The molecule has 0 radical (unpaired) electrons. The van der Waals surface area contributed by atoms with Gasteiger partial charge in [-0.15, -0.1) is 0 Å². The van der Waals surface area contributed by atoms with Gasteiger partial charge in [0.05, 0.1) is 18.6 Å². The minimum absolute atomic E-state index is 0.0455. The van der Waals surface area contributed by atoms with Crippen molar-refractivity contribution in [3.05, 3.63) is 48.3 Å². The van der Waals surface area contributed by atoms with Crippen molar-refractivity contribution in [3.63, 3.8) is 0 Å². The Labute approximate surface area is 108 Å². The highest BCUT2D eigenvalue weighted by Crippen LogP contribution is 2.19. The number of hydrogen-bond acceptors (Lipinski definition) is 3. The molecule has 0 saturated carbocycles. The van der Waals surface area contributed by atoms with Gasteiger partial charge in [0, 0.05) is 24.6 Å². The van der Waals surface area contributed by atoms with Gasteiger partial charge >= 0.3 is 0 Å². The van der Waals surface area contributed by atoms with Crippen LogP contribution in [0.4, 0.5) is 0 Å². The van der Waals surface area contributed by atoms with E-state index in [2.05, 4.69) is 34.4 Å². The number of imidazole rings is 1. The molecule has 0 aromatic carbocycles. The minimum Gasteiger partial charge on any atom is -0.329 e. The van der Waals surface area contributed by atoms with Crippen molar-refractivity contribution in [1.82, 2.24) is 14.5 Å². The molecule has 18 heavy (non-hydrogen) atoms. The molecule has 2 N–H and O–H groups in total. The average molecular weight is 244 g/mol. The van der Waals surface area contributed by atoms with Crippen LogP contribution in [0.2, 0.25) is 0 Å². The fourth-order valence-corrected chi connectivity index (χ4v) is 2.09. The standard InChI is InChI=1S/C14H20N4/c1-11(2)6-13(15)14-8-17-10-18(14)9-12-4-3-5-16-7-12/h3-5,7-8,10-11,13H,6,9,15H2,1-2H3. The van der Waals surface area contributed by atoms with E-state index in [1.165, 1.54) is 0 Å². The minimum atomic E-state index is 0.0455. The molecular weight excluding hydrogens is 224 g/mol. The van der Waals surface area contributed by atoms with Gasteiger partial charge < -0.3 is 10.3 Å². The van der Waals surface area contributed by atoms with Crippen LogP contribution in [0.5, 0.6) is 0 Å². The quantitative estimate of drug-likeness (QED) is 0.878. The van der Waals surface area contributed by atoms with Crippen molar-refractivity contribution in [3.8, 4) is 0 Å². The molecule has 4 nitrogen and oxygen atoms in total.